The fraction of sp³-hybridized carbons (Fsp3) is 0.316. The molecule has 2 aromatic carbocycles. The maximum absolute atomic E-state index is 12.4. The molecule has 1 amide bonds. The van der Waals surface area contributed by atoms with E-state index in [9.17, 15) is 4.79 Å². The maximum atomic E-state index is 12.4. The van der Waals surface area contributed by atoms with Crippen LogP contribution in [-0.2, 0) is 6.54 Å². The Hall–Kier alpha value is -2.04. The zero-order chi connectivity index (χ0) is 16.6. The standard InChI is InChI=1S/C19H20ClN3O/c20-15-6-7-16-17(12-15)21-19(22-18(16)24)8-10-23(11-9-19)13-14-4-2-1-3-5-14/h1-7,12,21H,8-11,13H2,(H,22,24). The molecule has 0 atom stereocenters. The normalized spacial score (nSPS) is 19.5. The second kappa shape index (κ2) is 6.11. The number of likely N-dealkylation sites (tertiary alicyclic amines) is 1. The molecule has 1 fully saturated rings. The Morgan fingerprint density at radius 3 is 2.54 bits per heavy atom. The predicted octanol–water partition coefficient (Wildman–Crippen LogP) is 3.49. The number of piperidine rings is 1. The highest BCUT2D eigenvalue weighted by Crippen LogP contribution is 2.33. The first-order chi connectivity index (χ1) is 11.6. The molecule has 2 aliphatic rings. The molecular formula is C19H20ClN3O. The van der Waals surface area contributed by atoms with Gasteiger partial charge < -0.3 is 10.6 Å². The van der Waals surface area contributed by atoms with E-state index < -0.39 is 0 Å². The van der Waals surface area contributed by atoms with Crippen molar-refractivity contribution in [3.05, 3.63) is 64.7 Å². The van der Waals surface area contributed by atoms with Gasteiger partial charge in [0.2, 0.25) is 0 Å². The summed E-state index contributed by atoms with van der Waals surface area (Å²) in [6, 6.07) is 15.9. The van der Waals surface area contributed by atoms with Gasteiger partial charge in [0.25, 0.3) is 5.91 Å². The van der Waals surface area contributed by atoms with E-state index in [0.29, 0.717) is 10.6 Å². The van der Waals surface area contributed by atoms with E-state index in [0.717, 1.165) is 38.2 Å². The third-order valence-corrected chi connectivity index (χ3v) is 5.15. The summed E-state index contributed by atoms with van der Waals surface area (Å²) < 4.78 is 0. The van der Waals surface area contributed by atoms with Crippen LogP contribution in [0.4, 0.5) is 5.69 Å². The number of amides is 1. The number of carbonyl (C=O) groups is 1. The van der Waals surface area contributed by atoms with Gasteiger partial charge in [-0.2, -0.15) is 0 Å². The van der Waals surface area contributed by atoms with Gasteiger partial charge in [-0.25, -0.2) is 0 Å². The van der Waals surface area contributed by atoms with E-state index in [1.54, 1.807) is 12.1 Å². The minimum Gasteiger partial charge on any atom is -0.362 e. The molecule has 0 radical (unpaired) electrons. The number of anilines is 1. The summed E-state index contributed by atoms with van der Waals surface area (Å²) in [5, 5.41) is 7.34. The number of hydrogen-bond acceptors (Lipinski definition) is 3. The molecule has 0 unspecified atom stereocenters. The van der Waals surface area contributed by atoms with Crippen LogP contribution in [0.2, 0.25) is 5.02 Å². The summed E-state index contributed by atoms with van der Waals surface area (Å²) in [6.07, 6.45) is 1.75. The van der Waals surface area contributed by atoms with Crippen LogP contribution in [0.3, 0.4) is 0 Å². The molecule has 2 heterocycles. The van der Waals surface area contributed by atoms with Gasteiger partial charge in [-0.05, 0) is 23.8 Å². The third kappa shape index (κ3) is 2.99. The molecule has 0 bridgehead atoms. The zero-order valence-corrected chi connectivity index (χ0v) is 14.1. The van der Waals surface area contributed by atoms with Gasteiger partial charge in [-0.3, -0.25) is 9.69 Å². The minimum absolute atomic E-state index is 0.0167. The molecule has 24 heavy (non-hydrogen) atoms. The maximum Gasteiger partial charge on any atom is 0.255 e. The molecule has 124 valence electrons. The number of benzene rings is 2. The molecule has 0 saturated carbocycles. The van der Waals surface area contributed by atoms with Gasteiger partial charge in [0.15, 0.2) is 0 Å². The molecule has 2 N–H and O–H groups in total. The van der Waals surface area contributed by atoms with Crippen LogP contribution in [0.5, 0.6) is 0 Å². The Kier molecular flexibility index (Phi) is 3.94. The van der Waals surface area contributed by atoms with Crippen molar-refractivity contribution >= 4 is 23.2 Å². The molecule has 4 nitrogen and oxygen atoms in total. The van der Waals surface area contributed by atoms with E-state index in [1.807, 2.05) is 12.1 Å². The lowest BCUT2D eigenvalue weighted by Crippen LogP contribution is -2.62. The Bertz CT molecular complexity index is 754. The number of nitrogens with zero attached hydrogens (tertiary/aromatic N) is 1. The van der Waals surface area contributed by atoms with Gasteiger partial charge >= 0.3 is 0 Å². The number of rotatable bonds is 2. The van der Waals surface area contributed by atoms with Crippen molar-refractivity contribution in [2.45, 2.75) is 25.0 Å². The molecule has 5 heteroatoms. The van der Waals surface area contributed by atoms with Crippen LogP contribution in [0.1, 0.15) is 28.8 Å². The third-order valence-electron chi connectivity index (χ3n) is 4.91. The summed E-state index contributed by atoms with van der Waals surface area (Å²) in [4.78, 5) is 14.9. The Balaban J connectivity index is 1.46. The van der Waals surface area contributed by atoms with Crippen LogP contribution in [0.15, 0.2) is 48.5 Å². The number of nitrogens with one attached hydrogen (secondary N) is 2. The van der Waals surface area contributed by atoms with Crippen LogP contribution >= 0.6 is 11.6 Å². The molecule has 4 rings (SSSR count). The number of hydrogen-bond donors (Lipinski definition) is 2. The van der Waals surface area contributed by atoms with Gasteiger partial charge in [0, 0.05) is 37.5 Å². The van der Waals surface area contributed by atoms with E-state index in [2.05, 4.69) is 39.8 Å². The zero-order valence-electron chi connectivity index (χ0n) is 13.4. The second-order valence-electron chi connectivity index (χ2n) is 6.61. The fourth-order valence-corrected chi connectivity index (χ4v) is 3.75. The SMILES string of the molecule is O=C1NC2(CCN(Cc3ccccc3)CC2)Nc2cc(Cl)ccc21. The van der Waals surface area contributed by atoms with E-state index in [4.69, 9.17) is 11.6 Å². The number of halogens is 1. The fourth-order valence-electron chi connectivity index (χ4n) is 3.58. The van der Waals surface area contributed by atoms with Crippen molar-refractivity contribution in [1.82, 2.24) is 10.2 Å². The van der Waals surface area contributed by atoms with Gasteiger partial charge in [-0.1, -0.05) is 41.9 Å². The number of carbonyl (C=O) groups excluding carboxylic acids is 1. The quantitative estimate of drug-likeness (QED) is 0.879. The van der Waals surface area contributed by atoms with Crippen molar-refractivity contribution in [1.29, 1.82) is 0 Å². The summed E-state index contributed by atoms with van der Waals surface area (Å²) in [7, 11) is 0. The second-order valence-corrected chi connectivity index (χ2v) is 7.05. The van der Waals surface area contributed by atoms with Crippen LogP contribution in [0.25, 0.3) is 0 Å². The van der Waals surface area contributed by atoms with E-state index in [1.165, 1.54) is 5.56 Å². The summed E-state index contributed by atoms with van der Waals surface area (Å²) in [6.45, 7) is 2.84. The van der Waals surface area contributed by atoms with Crippen molar-refractivity contribution in [2.75, 3.05) is 18.4 Å². The van der Waals surface area contributed by atoms with Gasteiger partial charge in [0.05, 0.1) is 11.3 Å². The predicted molar refractivity (Wildman–Crippen MR) is 96.2 cm³/mol. The Morgan fingerprint density at radius 2 is 1.79 bits per heavy atom. The lowest BCUT2D eigenvalue weighted by atomic mass is 9.92. The first-order valence-electron chi connectivity index (χ1n) is 8.30. The topological polar surface area (TPSA) is 44.4 Å². The molecule has 0 aromatic heterocycles. The summed E-state index contributed by atoms with van der Waals surface area (Å²) in [5.41, 5.74) is 2.47. The molecular weight excluding hydrogens is 322 g/mol. The number of fused-ring (bicyclic) bond motifs is 1. The first-order valence-corrected chi connectivity index (χ1v) is 8.68. The Labute approximate surface area is 146 Å². The molecule has 1 spiro atoms. The van der Waals surface area contributed by atoms with Crippen molar-refractivity contribution in [3.8, 4) is 0 Å². The van der Waals surface area contributed by atoms with Crippen molar-refractivity contribution in [2.24, 2.45) is 0 Å². The first kappa shape index (κ1) is 15.5. The summed E-state index contributed by atoms with van der Waals surface area (Å²) in [5.74, 6) is -0.0167. The highest BCUT2D eigenvalue weighted by molar-refractivity contribution is 6.31. The largest absolute Gasteiger partial charge is 0.362 e. The van der Waals surface area contributed by atoms with Crippen LogP contribution in [0, 0.1) is 0 Å². The minimum atomic E-state index is -0.359. The van der Waals surface area contributed by atoms with Gasteiger partial charge in [-0.15, -0.1) is 0 Å². The average Bonchev–Trinajstić information content (AvgIpc) is 2.58. The Morgan fingerprint density at radius 1 is 1.04 bits per heavy atom. The molecule has 0 aliphatic carbocycles. The molecule has 1 saturated heterocycles. The highest BCUT2D eigenvalue weighted by atomic mass is 35.5. The van der Waals surface area contributed by atoms with Crippen molar-refractivity contribution in [3.63, 3.8) is 0 Å². The van der Waals surface area contributed by atoms with Crippen molar-refractivity contribution < 1.29 is 4.79 Å². The molecule has 2 aliphatic heterocycles. The summed E-state index contributed by atoms with van der Waals surface area (Å²) >= 11 is 6.09. The molecule has 2 aromatic rings. The lowest BCUT2D eigenvalue weighted by molar-refractivity contribution is 0.0822. The lowest BCUT2D eigenvalue weighted by Gasteiger charge is -2.46. The van der Waals surface area contributed by atoms with Gasteiger partial charge in [0.1, 0.15) is 5.66 Å². The van der Waals surface area contributed by atoms with E-state index >= 15 is 0 Å². The van der Waals surface area contributed by atoms with E-state index in [-0.39, 0.29) is 11.6 Å². The van der Waals surface area contributed by atoms with Crippen LogP contribution in [-0.4, -0.2) is 29.6 Å². The monoisotopic (exact) mass is 341 g/mol. The average molecular weight is 342 g/mol. The highest BCUT2D eigenvalue weighted by Gasteiger charge is 2.40. The van der Waals surface area contributed by atoms with Crippen LogP contribution < -0.4 is 10.6 Å². The smallest absolute Gasteiger partial charge is 0.255 e.